The Morgan fingerprint density at radius 1 is 0.611 bits per heavy atom. The van der Waals surface area contributed by atoms with Crippen LogP contribution in [0.4, 0.5) is 0 Å². The first-order valence-electron chi connectivity index (χ1n) is 19.0. The second-order valence-corrected chi connectivity index (χ2v) is 17.9. The SMILES string of the molecule is Cc1cc(C)c(-c2cc3ccccc3c3c2op(OC(C)(C)C2=N[C@@H](C(C)(C)C)CO2)oc2c(-c4c(C)cc(C)cc4C)cc4ccccc4c23)c(C)c1. The minimum atomic E-state index is -2.05. The van der Waals surface area contributed by atoms with Crippen LogP contribution in [0.5, 0.6) is 0 Å². The van der Waals surface area contributed by atoms with E-state index in [1.807, 2.05) is 13.8 Å². The topological polar surface area (TPSA) is 57.1 Å². The molecule has 1 aliphatic rings. The van der Waals surface area contributed by atoms with Gasteiger partial charge in [-0.25, -0.2) is 4.99 Å². The first-order valence-corrected chi connectivity index (χ1v) is 20.0. The predicted octanol–water partition coefficient (Wildman–Crippen LogP) is 13.8. The predicted molar refractivity (Wildman–Crippen MR) is 228 cm³/mol. The van der Waals surface area contributed by atoms with E-state index in [2.05, 4.69) is 147 Å². The van der Waals surface area contributed by atoms with Gasteiger partial charge in [0.05, 0.1) is 6.04 Å². The minimum absolute atomic E-state index is 0.0245. The molecule has 0 amide bonds. The smallest absolute Gasteiger partial charge is 0.388 e. The van der Waals surface area contributed by atoms with E-state index in [1.54, 1.807) is 0 Å². The van der Waals surface area contributed by atoms with Gasteiger partial charge in [0, 0.05) is 21.9 Å². The summed E-state index contributed by atoms with van der Waals surface area (Å²) in [6, 6.07) is 30.9. The van der Waals surface area contributed by atoms with Crippen LogP contribution in [0.3, 0.4) is 0 Å². The summed E-state index contributed by atoms with van der Waals surface area (Å²) < 4.78 is 27.9. The maximum Gasteiger partial charge on any atom is 0.388 e. The second-order valence-electron chi connectivity index (χ2n) is 16.9. The molecule has 0 spiro atoms. The van der Waals surface area contributed by atoms with Gasteiger partial charge in [-0.05, 0) is 128 Å². The van der Waals surface area contributed by atoms with Gasteiger partial charge < -0.3 is 13.1 Å². The van der Waals surface area contributed by atoms with Crippen LogP contribution < -0.4 is 4.52 Å². The van der Waals surface area contributed by atoms with Gasteiger partial charge >= 0.3 is 8.24 Å². The van der Waals surface area contributed by atoms with E-state index in [0.29, 0.717) is 12.5 Å². The lowest BCUT2D eigenvalue weighted by Gasteiger charge is -2.22. The van der Waals surface area contributed by atoms with Crippen LogP contribution in [-0.2, 0) is 4.74 Å². The number of aryl methyl sites for hydroxylation is 6. The third kappa shape index (κ3) is 6.22. The van der Waals surface area contributed by atoms with Crippen molar-refractivity contribution >= 4 is 57.6 Å². The largest absolute Gasteiger partial charge is 0.477 e. The number of nitrogens with zero attached hydrogens (tertiary/aromatic N) is 1. The molecule has 0 radical (unpaired) electrons. The summed E-state index contributed by atoms with van der Waals surface area (Å²) in [4.78, 5) is 5.05. The van der Waals surface area contributed by atoms with Crippen LogP contribution in [0, 0.1) is 47.0 Å². The Hall–Kier alpha value is -4.83. The van der Waals surface area contributed by atoms with E-state index >= 15 is 0 Å². The van der Waals surface area contributed by atoms with Gasteiger partial charge in [0.1, 0.15) is 6.61 Å². The van der Waals surface area contributed by atoms with Crippen molar-refractivity contribution in [2.24, 2.45) is 10.4 Å². The number of hydrogen-bond donors (Lipinski definition) is 0. The first-order chi connectivity index (χ1) is 25.6. The molecule has 6 heteroatoms. The molecule has 0 saturated carbocycles. The van der Waals surface area contributed by atoms with Gasteiger partial charge in [0.25, 0.3) is 0 Å². The number of benzene rings is 6. The zero-order valence-electron chi connectivity index (χ0n) is 33.4. The molecular weight excluding hydrogens is 686 g/mol. The molecule has 5 nitrogen and oxygen atoms in total. The number of aliphatic imine (C=N–C) groups is 1. The van der Waals surface area contributed by atoms with E-state index < -0.39 is 13.8 Å². The molecule has 2 heterocycles. The summed E-state index contributed by atoms with van der Waals surface area (Å²) in [6.07, 6.45) is 0. The Kier molecular flexibility index (Phi) is 8.83. The molecule has 8 rings (SSSR count). The highest BCUT2D eigenvalue weighted by molar-refractivity contribution is 7.32. The Labute approximate surface area is 319 Å². The quantitative estimate of drug-likeness (QED) is 0.177. The zero-order valence-corrected chi connectivity index (χ0v) is 34.3. The number of rotatable bonds is 5. The van der Waals surface area contributed by atoms with Gasteiger partial charge in [-0.1, -0.05) is 105 Å². The molecule has 276 valence electrons. The average Bonchev–Trinajstić information content (AvgIpc) is 3.55. The van der Waals surface area contributed by atoms with Crippen LogP contribution in [-0.4, -0.2) is 24.1 Å². The van der Waals surface area contributed by atoms with E-state index in [9.17, 15) is 0 Å². The number of fused-ring (bicyclic) bond motifs is 7. The highest BCUT2D eigenvalue weighted by atomic mass is 31.1. The Bertz CT molecular complexity index is 2520. The summed E-state index contributed by atoms with van der Waals surface area (Å²) in [5, 5.41) is 6.46. The van der Waals surface area contributed by atoms with Crippen molar-refractivity contribution in [3.63, 3.8) is 0 Å². The first kappa shape index (κ1) is 36.2. The number of hydrogen-bond acceptors (Lipinski definition) is 5. The van der Waals surface area contributed by atoms with Gasteiger partial charge in [0.2, 0.25) is 5.90 Å². The summed E-state index contributed by atoms with van der Waals surface area (Å²) in [5.74, 6) is 0.565. The molecule has 1 aliphatic heterocycles. The van der Waals surface area contributed by atoms with Crippen molar-refractivity contribution in [1.29, 1.82) is 0 Å². The molecule has 0 aliphatic carbocycles. The van der Waals surface area contributed by atoms with Crippen molar-refractivity contribution in [2.75, 3.05) is 6.61 Å². The molecule has 1 aromatic heterocycles. The molecule has 0 fully saturated rings. The molecule has 0 saturated heterocycles. The normalized spacial score (nSPS) is 15.0. The van der Waals surface area contributed by atoms with Crippen LogP contribution in [0.25, 0.3) is 65.7 Å². The Balaban J connectivity index is 1.59. The molecule has 0 N–H and O–H groups in total. The fourth-order valence-corrected chi connectivity index (χ4v) is 9.74. The molecule has 0 unspecified atom stereocenters. The van der Waals surface area contributed by atoms with Crippen LogP contribution in [0.15, 0.2) is 98.3 Å². The third-order valence-electron chi connectivity index (χ3n) is 10.9. The van der Waals surface area contributed by atoms with E-state index in [4.69, 9.17) is 22.6 Å². The van der Waals surface area contributed by atoms with Crippen LogP contribution in [0.2, 0.25) is 0 Å². The van der Waals surface area contributed by atoms with Crippen molar-refractivity contribution < 1.29 is 17.7 Å². The summed E-state index contributed by atoms with van der Waals surface area (Å²) >= 11 is 0. The van der Waals surface area contributed by atoms with Crippen molar-refractivity contribution in [2.45, 2.75) is 87.8 Å². The minimum Gasteiger partial charge on any atom is -0.477 e. The lowest BCUT2D eigenvalue weighted by Crippen LogP contribution is -2.37. The summed E-state index contributed by atoms with van der Waals surface area (Å²) in [7, 11) is -2.05. The van der Waals surface area contributed by atoms with E-state index in [0.717, 1.165) is 65.7 Å². The second kappa shape index (κ2) is 13.2. The summed E-state index contributed by atoms with van der Waals surface area (Å²) in [5.41, 5.74) is 12.1. The zero-order chi connectivity index (χ0) is 38.3. The molecule has 6 aromatic carbocycles. The summed E-state index contributed by atoms with van der Waals surface area (Å²) in [6.45, 7) is 24.2. The lowest BCUT2D eigenvalue weighted by molar-refractivity contribution is 0.177. The van der Waals surface area contributed by atoms with Gasteiger partial charge in [0.15, 0.2) is 16.8 Å². The standard InChI is InChI=1S/C48H50NO4P/c1-27-20-29(3)40(30(4)21-27)37-24-33-16-12-14-18-35(33)42-43-36-19-15-13-17-34(36)25-38(41-31(5)22-28(2)23-32(41)6)45(43)52-54(51-44(37)42)53-48(10,11)46-49-39(26-50-46)47(7,8)9/h12-25,39H,26H2,1-11H3/t39-/m1/s1. The Morgan fingerprint density at radius 3 is 1.44 bits per heavy atom. The Morgan fingerprint density at radius 2 is 1.04 bits per heavy atom. The maximum absolute atomic E-state index is 7.29. The van der Waals surface area contributed by atoms with Gasteiger partial charge in [-0.3, -0.25) is 4.52 Å². The van der Waals surface area contributed by atoms with E-state index in [1.165, 1.54) is 33.4 Å². The third-order valence-corrected chi connectivity index (χ3v) is 12.2. The molecule has 7 aromatic rings. The van der Waals surface area contributed by atoms with E-state index in [-0.39, 0.29) is 11.5 Å². The maximum atomic E-state index is 7.29. The molecular formula is C48H50NO4P. The van der Waals surface area contributed by atoms with Gasteiger partial charge in [-0.2, -0.15) is 0 Å². The monoisotopic (exact) mass is 735 g/mol. The van der Waals surface area contributed by atoms with Crippen molar-refractivity contribution in [3.05, 3.63) is 118 Å². The van der Waals surface area contributed by atoms with Crippen molar-refractivity contribution in [3.8, 4) is 22.3 Å². The van der Waals surface area contributed by atoms with Crippen LogP contribution >= 0.6 is 8.24 Å². The fraction of sp³-hybridized carbons (Fsp3) is 0.312. The lowest BCUT2D eigenvalue weighted by atomic mass is 9.87. The number of ether oxygens (including phenoxy) is 1. The highest BCUT2D eigenvalue weighted by Gasteiger charge is 2.39. The van der Waals surface area contributed by atoms with Gasteiger partial charge in [-0.15, -0.1) is 0 Å². The molecule has 0 bridgehead atoms. The fourth-order valence-electron chi connectivity index (χ4n) is 8.50. The highest BCUT2D eigenvalue weighted by Crippen LogP contribution is 2.49. The molecule has 54 heavy (non-hydrogen) atoms. The molecule has 1 atom stereocenters. The average molecular weight is 736 g/mol. The van der Waals surface area contributed by atoms with Crippen LogP contribution in [0.1, 0.15) is 68.0 Å². The van der Waals surface area contributed by atoms with Crippen molar-refractivity contribution in [1.82, 2.24) is 0 Å².